The predicted octanol–water partition coefficient (Wildman–Crippen LogP) is 3.19. The number of anilines is 1. The van der Waals surface area contributed by atoms with Gasteiger partial charge in [-0.1, -0.05) is 41.4 Å². The summed E-state index contributed by atoms with van der Waals surface area (Å²) in [5, 5.41) is 3.32. The minimum atomic E-state index is -3.58. The van der Waals surface area contributed by atoms with Crippen LogP contribution in [-0.2, 0) is 10.0 Å². The van der Waals surface area contributed by atoms with Crippen LogP contribution in [0.25, 0.3) is 0 Å². The van der Waals surface area contributed by atoms with Gasteiger partial charge in [0.2, 0.25) is 10.0 Å². The van der Waals surface area contributed by atoms with E-state index in [1.165, 1.54) is 12.1 Å². The molecule has 1 N–H and O–H groups in total. The molecule has 24 heavy (non-hydrogen) atoms. The summed E-state index contributed by atoms with van der Waals surface area (Å²) in [4.78, 5) is 12.0. The number of halogens is 2. The fourth-order valence-corrected chi connectivity index (χ4v) is 3.47. The van der Waals surface area contributed by atoms with Crippen molar-refractivity contribution in [3.63, 3.8) is 0 Å². The molecule has 0 saturated heterocycles. The van der Waals surface area contributed by atoms with E-state index in [2.05, 4.69) is 5.32 Å². The Bertz CT molecular complexity index is 826. The summed E-state index contributed by atoms with van der Waals surface area (Å²) in [7, 11) is -3.58. The fourth-order valence-electron chi connectivity index (χ4n) is 2.10. The molecule has 0 saturated carbocycles. The molecular weight excluding hydrogens is 371 g/mol. The molecule has 2 rings (SSSR count). The highest BCUT2D eigenvalue weighted by molar-refractivity contribution is 7.92. The van der Waals surface area contributed by atoms with Crippen LogP contribution in [0.3, 0.4) is 0 Å². The number of sulfonamides is 1. The molecule has 0 radical (unpaired) electrons. The number of hydrogen-bond donors (Lipinski definition) is 1. The molecule has 1 amide bonds. The number of nitrogens with zero attached hydrogens (tertiary/aromatic N) is 1. The van der Waals surface area contributed by atoms with Crippen molar-refractivity contribution in [1.29, 1.82) is 0 Å². The lowest BCUT2D eigenvalue weighted by atomic mass is 10.2. The van der Waals surface area contributed by atoms with Gasteiger partial charge in [-0.25, -0.2) is 8.42 Å². The van der Waals surface area contributed by atoms with Gasteiger partial charge in [-0.15, -0.1) is 0 Å². The Kier molecular flexibility index (Phi) is 6.10. The van der Waals surface area contributed by atoms with Gasteiger partial charge < -0.3 is 5.32 Å². The first-order chi connectivity index (χ1) is 11.3. The van der Waals surface area contributed by atoms with Crippen LogP contribution in [0.5, 0.6) is 0 Å². The largest absolute Gasteiger partial charge is 0.350 e. The average molecular weight is 387 g/mol. The number of benzene rings is 2. The highest BCUT2D eigenvalue weighted by atomic mass is 35.5. The van der Waals surface area contributed by atoms with Crippen LogP contribution in [-0.4, -0.2) is 33.7 Å². The summed E-state index contributed by atoms with van der Waals surface area (Å²) in [5.41, 5.74) is 0.782. The van der Waals surface area contributed by atoms with Crippen LogP contribution < -0.4 is 9.62 Å². The van der Waals surface area contributed by atoms with Gasteiger partial charge in [-0.3, -0.25) is 9.10 Å². The molecule has 0 heterocycles. The summed E-state index contributed by atoms with van der Waals surface area (Å²) in [6, 6.07) is 13.3. The molecular formula is C16H16Cl2N2O3S. The normalized spacial score (nSPS) is 11.1. The average Bonchev–Trinajstić information content (AvgIpc) is 2.53. The van der Waals surface area contributed by atoms with Gasteiger partial charge in [0.25, 0.3) is 5.91 Å². The van der Waals surface area contributed by atoms with Gasteiger partial charge in [0.1, 0.15) is 0 Å². The van der Waals surface area contributed by atoms with Crippen molar-refractivity contribution >= 4 is 44.8 Å². The van der Waals surface area contributed by atoms with Crippen LogP contribution in [0.15, 0.2) is 48.5 Å². The molecule has 0 bridgehead atoms. The van der Waals surface area contributed by atoms with Crippen molar-refractivity contribution in [3.8, 4) is 0 Å². The van der Waals surface area contributed by atoms with Gasteiger partial charge in [0, 0.05) is 17.1 Å². The third-order valence-electron chi connectivity index (χ3n) is 3.21. The molecule has 5 nitrogen and oxygen atoms in total. The van der Waals surface area contributed by atoms with Crippen molar-refractivity contribution in [2.24, 2.45) is 0 Å². The minimum Gasteiger partial charge on any atom is -0.350 e. The number of carbonyl (C=O) groups excluding carboxylic acids is 1. The van der Waals surface area contributed by atoms with E-state index in [1.54, 1.807) is 30.3 Å². The topological polar surface area (TPSA) is 66.5 Å². The molecule has 0 aliphatic rings. The Morgan fingerprint density at radius 3 is 2.42 bits per heavy atom. The zero-order chi connectivity index (χ0) is 17.7. The number of carbonyl (C=O) groups is 1. The number of rotatable bonds is 6. The number of hydrogen-bond acceptors (Lipinski definition) is 3. The van der Waals surface area contributed by atoms with Gasteiger partial charge >= 0.3 is 0 Å². The van der Waals surface area contributed by atoms with Crippen LogP contribution in [0.2, 0.25) is 10.0 Å². The Hall–Kier alpha value is -1.76. The first-order valence-corrected chi connectivity index (χ1v) is 9.65. The Balaban J connectivity index is 2.11. The summed E-state index contributed by atoms with van der Waals surface area (Å²) < 4.78 is 25.2. The zero-order valence-corrected chi connectivity index (χ0v) is 15.2. The summed E-state index contributed by atoms with van der Waals surface area (Å²) in [6.07, 6.45) is 1.07. The monoisotopic (exact) mass is 386 g/mol. The van der Waals surface area contributed by atoms with Crippen molar-refractivity contribution in [2.45, 2.75) is 0 Å². The first kappa shape index (κ1) is 18.6. The molecule has 0 fully saturated rings. The maximum absolute atomic E-state index is 12.1. The highest BCUT2D eigenvalue weighted by Crippen LogP contribution is 2.30. The van der Waals surface area contributed by atoms with Crippen molar-refractivity contribution in [3.05, 3.63) is 64.1 Å². The van der Waals surface area contributed by atoms with E-state index in [0.717, 1.165) is 10.6 Å². The van der Waals surface area contributed by atoms with E-state index in [1.807, 2.05) is 6.07 Å². The van der Waals surface area contributed by atoms with E-state index in [9.17, 15) is 13.2 Å². The second kappa shape index (κ2) is 7.88. The molecule has 0 aliphatic heterocycles. The highest BCUT2D eigenvalue weighted by Gasteiger charge is 2.20. The van der Waals surface area contributed by atoms with Crippen LogP contribution in [0.1, 0.15) is 10.4 Å². The van der Waals surface area contributed by atoms with E-state index in [4.69, 9.17) is 23.2 Å². The van der Waals surface area contributed by atoms with E-state index in [-0.39, 0.29) is 29.7 Å². The first-order valence-electron chi connectivity index (χ1n) is 7.05. The zero-order valence-electron chi connectivity index (χ0n) is 12.9. The van der Waals surface area contributed by atoms with Crippen molar-refractivity contribution in [1.82, 2.24) is 5.32 Å². The van der Waals surface area contributed by atoms with Crippen molar-refractivity contribution < 1.29 is 13.2 Å². The third kappa shape index (κ3) is 4.87. The van der Waals surface area contributed by atoms with Gasteiger partial charge in [-0.2, -0.15) is 0 Å². The predicted molar refractivity (Wildman–Crippen MR) is 97.4 cm³/mol. The smallest absolute Gasteiger partial charge is 0.251 e. The summed E-state index contributed by atoms with van der Waals surface area (Å²) >= 11 is 12.0. The molecule has 0 unspecified atom stereocenters. The Morgan fingerprint density at radius 1 is 1.12 bits per heavy atom. The van der Waals surface area contributed by atoms with E-state index < -0.39 is 10.0 Å². The standard InChI is InChI=1S/C16H16Cl2N2O3S/c1-24(22,23)20(15-11-13(17)7-8-14(15)18)10-9-19-16(21)12-5-3-2-4-6-12/h2-8,11H,9-10H2,1H3,(H,19,21). The maximum atomic E-state index is 12.1. The van der Waals surface area contributed by atoms with E-state index >= 15 is 0 Å². The number of nitrogens with one attached hydrogen (secondary N) is 1. The fraction of sp³-hybridized carbons (Fsp3) is 0.188. The Labute approximate surface area is 151 Å². The minimum absolute atomic E-state index is 0.0392. The Morgan fingerprint density at radius 2 is 1.79 bits per heavy atom. The summed E-state index contributed by atoms with van der Waals surface area (Å²) in [6.45, 7) is 0.168. The lowest BCUT2D eigenvalue weighted by Crippen LogP contribution is -2.38. The second-order valence-electron chi connectivity index (χ2n) is 5.05. The third-order valence-corrected chi connectivity index (χ3v) is 4.95. The number of amides is 1. The van der Waals surface area contributed by atoms with Gasteiger partial charge in [-0.05, 0) is 30.3 Å². The van der Waals surface area contributed by atoms with Crippen LogP contribution >= 0.6 is 23.2 Å². The molecule has 0 spiro atoms. The quantitative estimate of drug-likeness (QED) is 0.828. The van der Waals surface area contributed by atoms with Crippen LogP contribution in [0, 0.1) is 0 Å². The lowest BCUT2D eigenvalue weighted by molar-refractivity contribution is 0.0955. The van der Waals surface area contributed by atoms with Gasteiger partial charge in [0.15, 0.2) is 0 Å². The molecule has 2 aromatic carbocycles. The maximum Gasteiger partial charge on any atom is 0.251 e. The molecule has 2 aromatic rings. The van der Waals surface area contributed by atoms with E-state index in [0.29, 0.717) is 10.6 Å². The molecule has 0 aliphatic carbocycles. The SMILES string of the molecule is CS(=O)(=O)N(CCNC(=O)c1ccccc1)c1cc(Cl)ccc1Cl. The molecule has 128 valence electrons. The summed E-state index contributed by atoms with van der Waals surface area (Å²) in [5.74, 6) is -0.277. The molecule has 0 atom stereocenters. The molecule has 8 heteroatoms. The van der Waals surface area contributed by atoms with Crippen molar-refractivity contribution in [2.75, 3.05) is 23.7 Å². The van der Waals surface area contributed by atoms with Gasteiger partial charge in [0.05, 0.1) is 23.5 Å². The lowest BCUT2D eigenvalue weighted by Gasteiger charge is -2.23. The second-order valence-corrected chi connectivity index (χ2v) is 7.80. The molecule has 0 aromatic heterocycles. The van der Waals surface area contributed by atoms with Crippen LogP contribution in [0.4, 0.5) is 5.69 Å².